The molecule has 2 nitrogen and oxygen atoms in total. The highest BCUT2D eigenvalue weighted by Gasteiger charge is 1.95. The van der Waals surface area contributed by atoms with Crippen molar-refractivity contribution in [2.75, 3.05) is 0 Å². The Kier molecular flexibility index (Phi) is 5.39. The zero-order valence-corrected chi connectivity index (χ0v) is 7.41. The van der Waals surface area contributed by atoms with Gasteiger partial charge in [0.1, 0.15) is 0 Å². The van der Waals surface area contributed by atoms with Gasteiger partial charge in [0.15, 0.2) is 0 Å². The maximum Gasteiger partial charge on any atom is 0.0312 e. The lowest BCUT2D eigenvalue weighted by molar-refractivity contribution is 0.898. The molecule has 0 bridgehead atoms. The van der Waals surface area contributed by atoms with Crippen LogP contribution in [0.25, 0.3) is 0 Å². The lowest BCUT2D eigenvalue weighted by Gasteiger charge is -2.02. The van der Waals surface area contributed by atoms with Crippen LogP contribution in [0.5, 0.6) is 0 Å². The summed E-state index contributed by atoms with van der Waals surface area (Å²) in [6.45, 7) is 5.83. The van der Waals surface area contributed by atoms with Crippen molar-refractivity contribution < 1.29 is 0 Å². The molecule has 1 unspecified atom stereocenters. The second-order valence-electron chi connectivity index (χ2n) is 2.34. The largest absolute Gasteiger partial charge is 0.324 e. The van der Waals surface area contributed by atoms with Gasteiger partial charge < -0.3 is 5.73 Å². The molecule has 0 aliphatic carbocycles. The first-order chi connectivity index (χ1) is 5.22. The fraction of sp³-hybridized carbons (Fsp3) is 0.444. The molecule has 0 heterocycles. The van der Waals surface area contributed by atoms with Gasteiger partial charge in [-0.05, 0) is 26.3 Å². The van der Waals surface area contributed by atoms with Crippen molar-refractivity contribution in [3.63, 3.8) is 0 Å². The Balaban J connectivity index is 4.10. The Morgan fingerprint density at radius 3 is 2.45 bits per heavy atom. The van der Waals surface area contributed by atoms with Crippen LogP contribution in [0.4, 0.5) is 0 Å². The van der Waals surface area contributed by atoms with Gasteiger partial charge in [-0.3, -0.25) is 4.99 Å². The fourth-order valence-electron chi connectivity index (χ4n) is 0.670. The van der Waals surface area contributed by atoms with Crippen molar-refractivity contribution in [1.29, 1.82) is 0 Å². The molecule has 0 aromatic rings. The number of aliphatic imine (C=N–C) groups is 1. The molecular formula is C9H16N2. The standard InChI is InChI=1S/C9H16N2/c1-4-6-11-7-9(5-2)8(3)10/h4-8H,10H2,1-3H3/b6-4-,9-5+,11-7-. The van der Waals surface area contributed by atoms with Gasteiger partial charge in [-0.25, -0.2) is 0 Å². The third-order valence-electron chi connectivity index (χ3n) is 1.32. The van der Waals surface area contributed by atoms with E-state index >= 15 is 0 Å². The third kappa shape index (κ3) is 4.51. The fourth-order valence-corrected chi connectivity index (χ4v) is 0.670. The summed E-state index contributed by atoms with van der Waals surface area (Å²) in [5.74, 6) is 0. The van der Waals surface area contributed by atoms with Crippen molar-refractivity contribution in [2.24, 2.45) is 10.7 Å². The van der Waals surface area contributed by atoms with E-state index in [2.05, 4.69) is 4.99 Å². The first-order valence-electron chi connectivity index (χ1n) is 3.78. The molecule has 2 heteroatoms. The van der Waals surface area contributed by atoms with Crippen LogP contribution in [-0.2, 0) is 0 Å². The van der Waals surface area contributed by atoms with Gasteiger partial charge in [0.05, 0.1) is 0 Å². The number of nitrogens with zero attached hydrogens (tertiary/aromatic N) is 1. The average molecular weight is 152 g/mol. The van der Waals surface area contributed by atoms with E-state index in [1.165, 1.54) is 0 Å². The number of nitrogens with two attached hydrogens (primary N) is 1. The van der Waals surface area contributed by atoms with Crippen LogP contribution in [0, 0.1) is 0 Å². The predicted molar refractivity (Wildman–Crippen MR) is 50.7 cm³/mol. The van der Waals surface area contributed by atoms with E-state index in [0.717, 1.165) is 5.57 Å². The number of hydrogen-bond donors (Lipinski definition) is 1. The summed E-state index contributed by atoms with van der Waals surface area (Å²) >= 11 is 0. The molecule has 1 atom stereocenters. The number of rotatable bonds is 3. The van der Waals surface area contributed by atoms with Crippen molar-refractivity contribution in [1.82, 2.24) is 0 Å². The molecule has 62 valence electrons. The van der Waals surface area contributed by atoms with Gasteiger partial charge in [0.25, 0.3) is 0 Å². The van der Waals surface area contributed by atoms with Crippen LogP contribution in [0.1, 0.15) is 20.8 Å². The first-order valence-corrected chi connectivity index (χ1v) is 3.78. The SMILES string of the molecule is C\C=C/N=C\C(=C/C)C(C)N. The maximum atomic E-state index is 5.65. The smallest absolute Gasteiger partial charge is 0.0312 e. The Morgan fingerprint density at radius 2 is 2.09 bits per heavy atom. The second kappa shape index (κ2) is 5.86. The van der Waals surface area contributed by atoms with Gasteiger partial charge in [-0.15, -0.1) is 0 Å². The molecule has 2 N–H and O–H groups in total. The normalized spacial score (nSPS) is 16.5. The number of hydrogen-bond acceptors (Lipinski definition) is 2. The number of allylic oxidation sites excluding steroid dienone is 2. The predicted octanol–water partition coefficient (Wildman–Crippen LogP) is 1.88. The molecule has 0 aliphatic heterocycles. The van der Waals surface area contributed by atoms with E-state index in [1.54, 1.807) is 12.4 Å². The molecule has 0 radical (unpaired) electrons. The van der Waals surface area contributed by atoms with Gasteiger partial charge in [-0.2, -0.15) is 0 Å². The van der Waals surface area contributed by atoms with Gasteiger partial charge >= 0.3 is 0 Å². The van der Waals surface area contributed by atoms with Crippen molar-refractivity contribution in [2.45, 2.75) is 26.8 Å². The van der Waals surface area contributed by atoms with Gasteiger partial charge in [0.2, 0.25) is 0 Å². The molecule has 0 spiro atoms. The van der Waals surface area contributed by atoms with Crippen molar-refractivity contribution in [3.8, 4) is 0 Å². The van der Waals surface area contributed by atoms with Gasteiger partial charge in [-0.1, -0.05) is 12.2 Å². The zero-order valence-electron chi connectivity index (χ0n) is 7.41. The summed E-state index contributed by atoms with van der Waals surface area (Å²) < 4.78 is 0. The maximum absolute atomic E-state index is 5.65. The summed E-state index contributed by atoms with van der Waals surface area (Å²) in [6.07, 6.45) is 7.37. The highest BCUT2D eigenvalue weighted by molar-refractivity contribution is 5.80. The lowest BCUT2D eigenvalue weighted by atomic mass is 10.1. The Labute approximate surface area is 68.5 Å². The second-order valence-corrected chi connectivity index (χ2v) is 2.34. The lowest BCUT2D eigenvalue weighted by Crippen LogP contribution is -2.18. The molecule has 0 aromatic carbocycles. The minimum absolute atomic E-state index is 0.0639. The molecular weight excluding hydrogens is 136 g/mol. The minimum Gasteiger partial charge on any atom is -0.324 e. The van der Waals surface area contributed by atoms with Crippen LogP contribution in [0.2, 0.25) is 0 Å². The third-order valence-corrected chi connectivity index (χ3v) is 1.32. The van der Waals surface area contributed by atoms with Crippen molar-refractivity contribution in [3.05, 3.63) is 23.9 Å². The summed E-state index contributed by atoms with van der Waals surface area (Å²) in [6, 6.07) is 0.0639. The topological polar surface area (TPSA) is 38.4 Å². The van der Waals surface area contributed by atoms with Crippen LogP contribution >= 0.6 is 0 Å². The Morgan fingerprint density at radius 1 is 1.45 bits per heavy atom. The molecule has 11 heavy (non-hydrogen) atoms. The van der Waals surface area contributed by atoms with E-state index in [1.807, 2.05) is 32.9 Å². The van der Waals surface area contributed by atoms with E-state index in [9.17, 15) is 0 Å². The van der Waals surface area contributed by atoms with Crippen LogP contribution in [-0.4, -0.2) is 12.3 Å². The Hall–Kier alpha value is -0.890. The zero-order chi connectivity index (χ0) is 8.69. The average Bonchev–Trinajstić information content (AvgIpc) is 1.97. The molecule has 0 amide bonds. The van der Waals surface area contributed by atoms with Crippen LogP contribution in [0.3, 0.4) is 0 Å². The van der Waals surface area contributed by atoms with Crippen molar-refractivity contribution >= 4 is 6.21 Å². The highest BCUT2D eigenvalue weighted by Crippen LogP contribution is 1.94. The van der Waals surface area contributed by atoms with Gasteiger partial charge in [0, 0.05) is 18.5 Å². The minimum atomic E-state index is 0.0639. The summed E-state index contributed by atoms with van der Waals surface area (Å²) in [5, 5.41) is 0. The van der Waals surface area contributed by atoms with E-state index in [-0.39, 0.29) is 6.04 Å². The molecule has 0 aromatic heterocycles. The Bertz CT molecular complexity index is 176. The monoisotopic (exact) mass is 152 g/mol. The highest BCUT2D eigenvalue weighted by atomic mass is 14.7. The molecule has 0 rings (SSSR count). The quantitative estimate of drug-likeness (QED) is 0.616. The van der Waals surface area contributed by atoms with E-state index in [4.69, 9.17) is 5.73 Å². The molecule has 0 saturated heterocycles. The van der Waals surface area contributed by atoms with E-state index in [0.29, 0.717) is 0 Å². The molecule has 0 saturated carbocycles. The summed E-state index contributed by atoms with van der Waals surface area (Å²) in [4.78, 5) is 4.03. The first kappa shape index (κ1) is 10.1. The summed E-state index contributed by atoms with van der Waals surface area (Å²) in [5.41, 5.74) is 6.70. The van der Waals surface area contributed by atoms with Crippen LogP contribution in [0.15, 0.2) is 28.9 Å². The van der Waals surface area contributed by atoms with E-state index < -0.39 is 0 Å². The summed E-state index contributed by atoms with van der Waals surface area (Å²) in [7, 11) is 0. The molecule has 0 aliphatic rings. The van der Waals surface area contributed by atoms with Crippen LogP contribution < -0.4 is 5.73 Å². The molecule has 0 fully saturated rings.